The van der Waals surface area contributed by atoms with Crippen LogP contribution in [0.4, 0.5) is 13.2 Å². The number of nitrogens with one attached hydrogen (secondary N) is 1. The molecule has 24 heavy (non-hydrogen) atoms. The first-order chi connectivity index (χ1) is 11.2. The summed E-state index contributed by atoms with van der Waals surface area (Å²) in [6.45, 7) is 1.27. The molecule has 5 nitrogen and oxygen atoms in total. The van der Waals surface area contributed by atoms with Crippen molar-refractivity contribution in [2.24, 2.45) is 0 Å². The van der Waals surface area contributed by atoms with Crippen molar-refractivity contribution in [2.45, 2.75) is 6.18 Å². The summed E-state index contributed by atoms with van der Waals surface area (Å²) in [5, 5.41) is 5.65. The second-order valence-corrected chi connectivity index (χ2v) is 5.78. The fraction of sp³-hybridized carbons (Fsp3) is 0.375. The lowest BCUT2D eigenvalue weighted by molar-refractivity contribution is -0.141. The van der Waals surface area contributed by atoms with E-state index in [9.17, 15) is 18.0 Å². The average Bonchev–Trinajstić information content (AvgIpc) is 3.02. The summed E-state index contributed by atoms with van der Waals surface area (Å²) in [7, 11) is 5.51. The highest BCUT2D eigenvalue weighted by atomic mass is 19.4. The predicted octanol–water partition coefficient (Wildman–Crippen LogP) is 2.73. The van der Waals surface area contributed by atoms with Crippen molar-refractivity contribution in [1.29, 1.82) is 0 Å². The topological polar surface area (TPSA) is 52.2 Å². The second-order valence-electron chi connectivity index (χ2n) is 5.78. The molecule has 2 rings (SSSR count). The molecular formula is C16H19F3N4O. The molecule has 0 bridgehead atoms. The zero-order valence-corrected chi connectivity index (χ0v) is 13.7. The van der Waals surface area contributed by atoms with E-state index in [0.717, 1.165) is 12.6 Å². The van der Waals surface area contributed by atoms with E-state index in [1.807, 2.05) is 24.1 Å². The molecule has 1 aromatic heterocycles. The van der Waals surface area contributed by atoms with Crippen LogP contribution >= 0.6 is 0 Å². The van der Waals surface area contributed by atoms with Crippen LogP contribution in [0.1, 0.15) is 16.1 Å². The van der Waals surface area contributed by atoms with E-state index in [1.54, 1.807) is 36.2 Å². The van der Waals surface area contributed by atoms with Gasteiger partial charge in [-0.1, -0.05) is 12.1 Å². The number of nitrogens with zero attached hydrogens (tertiary/aromatic N) is 3. The van der Waals surface area contributed by atoms with Crippen LogP contribution in [0.15, 0.2) is 30.3 Å². The molecule has 1 amide bonds. The second kappa shape index (κ2) is 7.04. The third-order valence-electron chi connectivity index (χ3n) is 3.52. The molecule has 0 aliphatic rings. The van der Waals surface area contributed by atoms with Crippen LogP contribution in [0.2, 0.25) is 0 Å². The number of hydrogen-bond donors (Lipinski definition) is 1. The lowest BCUT2D eigenvalue weighted by atomic mass is 10.1. The van der Waals surface area contributed by atoms with Gasteiger partial charge < -0.3 is 9.80 Å². The lowest BCUT2D eigenvalue weighted by Crippen LogP contribution is -2.33. The van der Waals surface area contributed by atoms with Gasteiger partial charge >= 0.3 is 6.18 Å². The highest BCUT2D eigenvalue weighted by Gasteiger charge is 2.33. The Morgan fingerprint density at radius 3 is 2.46 bits per heavy atom. The van der Waals surface area contributed by atoms with Crippen LogP contribution < -0.4 is 0 Å². The number of aromatic nitrogens is 2. The first kappa shape index (κ1) is 18.0. The lowest BCUT2D eigenvalue weighted by Gasteiger charge is -2.19. The first-order valence-corrected chi connectivity index (χ1v) is 7.31. The molecule has 0 aliphatic carbocycles. The summed E-state index contributed by atoms with van der Waals surface area (Å²) in [5.74, 6) is -0.190. The number of aromatic amines is 1. The van der Waals surface area contributed by atoms with Crippen LogP contribution in [0.3, 0.4) is 0 Å². The standard InChI is InChI=1S/C16H19F3N4O/c1-22(2)7-8-23(3)15(24)12-6-4-5-11(9-12)13-10-14(21-20-13)16(17,18)19/h4-6,9-10H,7-8H2,1-3H3,(H,20,21). The van der Waals surface area contributed by atoms with Crippen LogP contribution in [0.25, 0.3) is 11.3 Å². The maximum absolute atomic E-state index is 12.6. The molecule has 1 N–H and O–H groups in total. The van der Waals surface area contributed by atoms with E-state index < -0.39 is 11.9 Å². The van der Waals surface area contributed by atoms with Crippen molar-refractivity contribution < 1.29 is 18.0 Å². The number of carbonyl (C=O) groups excluding carboxylic acids is 1. The quantitative estimate of drug-likeness (QED) is 0.911. The minimum atomic E-state index is -4.48. The van der Waals surface area contributed by atoms with Crippen LogP contribution in [-0.4, -0.2) is 60.1 Å². The molecule has 0 atom stereocenters. The number of rotatable bonds is 5. The molecule has 0 fully saturated rings. The summed E-state index contributed by atoms with van der Waals surface area (Å²) < 4.78 is 37.9. The van der Waals surface area contributed by atoms with Gasteiger partial charge in [-0.2, -0.15) is 18.3 Å². The summed E-state index contributed by atoms with van der Waals surface area (Å²) >= 11 is 0. The minimum Gasteiger partial charge on any atom is -0.340 e. The van der Waals surface area contributed by atoms with E-state index >= 15 is 0 Å². The Kier molecular flexibility index (Phi) is 5.28. The Labute approximate surface area is 138 Å². The highest BCUT2D eigenvalue weighted by molar-refractivity contribution is 5.95. The van der Waals surface area contributed by atoms with Gasteiger partial charge in [-0.3, -0.25) is 9.89 Å². The molecular weight excluding hydrogens is 321 g/mol. The summed E-state index contributed by atoms with van der Waals surface area (Å²) in [5.41, 5.74) is 0.0872. The molecule has 8 heteroatoms. The molecule has 0 unspecified atom stereocenters. The maximum Gasteiger partial charge on any atom is 0.432 e. The molecule has 2 aromatic rings. The average molecular weight is 340 g/mol. The fourth-order valence-corrected chi connectivity index (χ4v) is 2.10. The Morgan fingerprint density at radius 2 is 1.88 bits per heavy atom. The number of likely N-dealkylation sites (N-methyl/N-ethyl adjacent to an activating group) is 2. The van der Waals surface area contributed by atoms with Crippen LogP contribution in [-0.2, 0) is 6.18 Å². The van der Waals surface area contributed by atoms with Crippen molar-refractivity contribution in [3.05, 3.63) is 41.6 Å². The predicted molar refractivity (Wildman–Crippen MR) is 84.5 cm³/mol. The first-order valence-electron chi connectivity index (χ1n) is 7.31. The maximum atomic E-state index is 12.6. The van der Waals surface area contributed by atoms with Crippen molar-refractivity contribution in [2.75, 3.05) is 34.2 Å². The van der Waals surface area contributed by atoms with E-state index in [0.29, 0.717) is 17.7 Å². The SMILES string of the molecule is CN(C)CCN(C)C(=O)c1cccc(-c2cc(C(F)(F)F)[nH]n2)c1. The molecule has 1 heterocycles. The van der Waals surface area contributed by atoms with E-state index in [-0.39, 0.29) is 11.6 Å². The minimum absolute atomic E-state index is 0.146. The summed E-state index contributed by atoms with van der Waals surface area (Å²) in [6, 6.07) is 7.36. The third-order valence-corrected chi connectivity index (χ3v) is 3.52. The number of carbonyl (C=O) groups is 1. The summed E-state index contributed by atoms with van der Waals surface area (Å²) in [4.78, 5) is 15.9. The molecule has 1 aromatic carbocycles. The Bertz CT molecular complexity index is 709. The van der Waals surface area contributed by atoms with Crippen molar-refractivity contribution in [1.82, 2.24) is 20.0 Å². The van der Waals surface area contributed by atoms with Gasteiger partial charge in [0.1, 0.15) is 5.69 Å². The number of alkyl halides is 3. The van der Waals surface area contributed by atoms with Gasteiger partial charge in [0.25, 0.3) is 5.91 Å². The molecule has 0 spiro atoms. The molecule has 0 saturated carbocycles. The smallest absolute Gasteiger partial charge is 0.340 e. The Morgan fingerprint density at radius 1 is 1.17 bits per heavy atom. The molecule has 0 saturated heterocycles. The van der Waals surface area contributed by atoms with Gasteiger partial charge in [0.15, 0.2) is 0 Å². The van der Waals surface area contributed by atoms with Gasteiger partial charge in [-0.25, -0.2) is 0 Å². The zero-order valence-electron chi connectivity index (χ0n) is 13.7. The Hall–Kier alpha value is -2.35. The van der Waals surface area contributed by atoms with E-state index in [2.05, 4.69) is 5.10 Å². The van der Waals surface area contributed by atoms with Crippen molar-refractivity contribution >= 4 is 5.91 Å². The summed E-state index contributed by atoms with van der Waals surface area (Å²) in [6.07, 6.45) is -4.48. The number of hydrogen-bond acceptors (Lipinski definition) is 3. The number of halogens is 3. The molecule has 0 radical (unpaired) electrons. The number of benzene rings is 1. The van der Waals surface area contributed by atoms with Gasteiger partial charge in [-0.05, 0) is 32.3 Å². The zero-order chi connectivity index (χ0) is 17.9. The third kappa shape index (κ3) is 4.35. The normalized spacial score (nSPS) is 11.8. The molecule has 0 aliphatic heterocycles. The number of H-pyrrole nitrogens is 1. The van der Waals surface area contributed by atoms with Gasteiger partial charge in [0.2, 0.25) is 0 Å². The van der Waals surface area contributed by atoms with Crippen LogP contribution in [0.5, 0.6) is 0 Å². The fourth-order valence-electron chi connectivity index (χ4n) is 2.10. The van der Waals surface area contributed by atoms with Crippen molar-refractivity contribution in [3.8, 4) is 11.3 Å². The van der Waals surface area contributed by atoms with Gasteiger partial charge in [-0.15, -0.1) is 0 Å². The van der Waals surface area contributed by atoms with Crippen molar-refractivity contribution in [3.63, 3.8) is 0 Å². The highest BCUT2D eigenvalue weighted by Crippen LogP contribution is 2.30. The Balaban J connectivity index is 2.19. The number of amides is 1. The van der Waals surface area contributed by atoms with E-state index in [1.165, 1.54) is 0 Å². The van der Waals surface area contributed by atoms with Crippen LogP contribution in [0, 0.1) is 0 Å². The van der Waals surface area contributed by atoms with Gasteiger partial charge in [0, 0.05) is 31.3 Å². The van der Waals surface area contributed by atoms with Gasteiger partial charge in [0.05, 0.1) is 5.69 Å². The monoisotopic (exact) mass is 340 g/mol. The molecule has 130 valence electrons. The largest absolute Gasteiger partial charge is 0.432 e. The van der Waals surface area contributed by atoms with E-state index in [4.69, 9.17) is 0 Å².